The first kappa shape index (κ1) is 36.3. The van der Waals surface area contributed by atoms with Gasteiger partial charge in [-0.2, -0.15) is 0 Å². The van der Waals surface area contributed by atoms with E-state index in [1.807, 2.05) is 6.07 Å². The zero-order chi connectivity index (χ0) is 34.8. The summed E-state index contributed by atoms with van der Waals surface area (Å²) >= 11 is 0. The highest BCUT2D eigenvalue weighted by Crippen LogP contribution is 2.43. The van der Waals surface area contributed by atoms with E-state index in [2.05, 4.69) is 155 Å². The molecule has 0 saturated carbocycles. The van der Waals surface area contributed by atoms with Crippen LogP contribution in [0.15, 0.2) is 60.7 Å². The van der Waals surface area contributed by atoms with E-state index in [0.717, 1.165) is 43.6 Å². The van der Waals surface area contributed by atoms with Crippen LogP contribution in [0.5, 0.6) is 0 Å². The zero-order valence-electron chi connectivity index (χ0n) is 30.7. The Labute approximate surface area is 286 Å². The lowest BCUT2D eigenvalue weighted by Gasteiger charge is -2.38. The lowest BCUT2D eigenvalue weighted by Crippen LogP contribution is -2.43. The molecule has 246 valence electrons. The summed E-state index contributed by atoms with van der Waals surface area (Å²) in [5.74, 6) is 6.79. The van der Waals surface area contributed by atoms with E-state index in [-0.39, 0.29) is 0 Å². The number of carboxylic acids is 1. The van der Waals surface area contributed by atoms with Gasteiger partial charge in [0.15, 0.2) is 0 Å². The minimum Gasteiger partial charge on any atom is -0.478 e. The molecular weight excluding hydrogens is 605 g/mol. The van der Waals surface area contributed by atoms with Crippen molar-refractivity contribution >= 4 is 60.5 Å². The van der Waals surface area contributed by atoms with E-state index < -0.39 is 22.1 Å². The molecule has 0 atom stereocenters. The SMILES string of the molecule is CC(C)[Si](C#Cc1c2ccccc2c(C#C[Si](C(C)C)(C(C)C)C(C)C)c2cc3cc(C=CC(=O)O)ccc3cc12)(C(C)C)C(C)C. The second-order valence-electron chi connectivity index (χ2n) is 15.3. The third-order valence-electron chi connectivity index (χ3n) is 11.0. The number of aliphatic carboxylic acids is 1. The quantitative estimate of drug-likeness (QED) is 0.0885. The molecule has 0 bridgehead atoms. The number of carbonyl (C=O) groups is 1. The molecule has 0 radical (unpaired) electrons. The molecular formula is C43H54O2Si2. The van der Waals surface area contributed by atoms with Gasteiger partial charge in [0, 0.05) is 17.2 Å². The first-order valence-electron chi connectivity index (χ1n) is 17.5. The second kappa shape index (κ2) is 14.3. The van der Waals surface area contributed by atoms with Gasteiger partial charge >= 0.3 is 5.97 Å². The standard InChI is InChI=1S/C43H54O2Si2/c1-28(2)46(29(3)4,30(5)6)23-21-39-37-15-13-14-16-38(37)40(22-24-47(31(7)8,32(9)10)33(11)12)42-27-36-25-34(18-20-43(44)45)17-19-35(36)26-41(39)42/h13-20,25-33H,1-12H3,(H,44,45). The maximum Gasteiger partial charge on any atom is 0.328 e. The summed E-state index contributed by atoms with van der Waals surface area (Å²) in [4.78, 5) is 11.3. The Kier molecular flexibility index (Phi) is 11.0. The Morgan fingerprint density at radius 3 is 1.36 bits per heavy atom. The van der Waals surface area contributed by atoms with Crippen molar-refractivity contribution < 1.29 is 9.90 Å². The number of hydrogen-bond acceptors (Lipinski definition) is 1. The Morgan fingerprint density at radius 2 is 0.979 bits per heavy atom. The van der Waals surface area contributed by atoms with Crippen molar-refractivity contribution in [2.45, 2.75) is 116 Å². The van der Waals surface area contributed by atoms with Crippen LogP contribution < -0.4 is 0 Å². The smallest absolute Gasteiger partial charge is 0.328 e. The molecule has 4 aromatic rings. The largest absolute Gasteiger partial charge is 0.478 e. The van der Waals surface area contributed by atoms with Gasteiger partial charge in [-0.25, -0.2) is 4.79 Å². The van der Waals surface area contributed by atoms with Gasteiger partial charge in [0.25, 0.3) is 0 Å². The maximum absolute atomic E-state index is 11.3. The number of carboxylic acid groups (broad SMARTS) is 1. The molecule has 0 fully saturated rings. The van der Waals surface area contributed by atoms with Crippen molar-refractivity contribution in [1.29, 1.82) is 0 Å². The lowest BCUT2D eigenvalue weighted by atomic mass is 9.90. The van der Waals surface area contributed by atoms with Crippen LogP contribution >= 0.6 is 0 Å². The molecule has 0 amide bonds. The summed E-state index contributed by atoms with van der Waals surface area (Å²) in [7, 11) is -4.00. The van der Waals surface area contributed by atoms with Crippen molar-refractivity contribution in [2.24, 2.45) is 0 Å². The minimum absolute atomic E-state index is 0.531. The van der Waals surface area contributed by atoms with Gasteiger partial charge in [0.2, 0.25) is 0 Å². The van der Waals surface area contributed by atoms with E-state index in [1.54, 1.807) is 6.08 Å². The lowest BCUT2D eigenvalue weighted by molar-refractivity contribution is -0.131. The summed E-state index contributed by atoms with van der Waals surface area (Å²) in [6.45, 7) is 28.4. The molecule has 0 unspecified atom stereocenters. The highest BCUT2D eigenvalue weighted by atomic mass is 28.3. The Bertz CT molecular complexity index is 1910. The van der Waals surface area contributed by atoms with Crippen LogP contribution in [-0.4, -0.2) is 27.2 Å². The van der Waals surface area contributed by atoms with E-state index >= 15 is 0 Å². The molecule has 4 aromatic carbocycles. The van der Waals surface area contributed by atoms with Gasteiger partial charge in [-0.1, -0.05) is 131 Å². The molecule has 0 aliphatic heterocycles. The summed E-state index contributed by atoms with van der Waals surface area (Å²) in [5.41, 5.74) is 14.3. The van der Waals surface area contributed by atoms with Gasteiger partial charge in [-0.15, -0.1) is 11.1 Å². The fourth-order valence-corrected chi connectivity index (χ4v) is 19.1. The molecule has 2 nitrogen and oxygen atoms in total. The fourth-order valence-electron chi connectivity index (χ4n) is 8.69. The van der Waals surface area contributed by atoms with E-state index in [1.165, 1.54) is 11.5 Å². The van der Waals surface area contributed by atoms with Crippen molar-refractivity contribution in [3.8, 4) is 22.9 Å². The van der Waals surface area contributed by atoms with Crippen molar-refractivity contribution in [2.75, 3.05) is 0 Å². The minimum atomic E-state index is -2.01. The third kappa shape index (κ3) is 6.74. The molecule has 0 aliphatic carbocycles. The Morgan fingerprint density at radius 1 is 0.574 bits per heavy atom. The number of hydrogen-bond donors (Lipinski definition) is 1. The molecule has 0 spiro atoms. The molecule has 0 aromatic heterocycles. The van der Waals surface area contributed by atoms with Crippen LogP contribution in [0.25, 0.3) is 38.4 Å². The van der Waals surface area contributed by atoms with Crippen LogP contribution in [0.4, 0.5) is 0 Å². The normalized spacial score (nSPS) is 12.7. The highest BCUT2D eigenvalue weighted by molar-refractivity contribution is 6.91. The Balaban J connectivity index is 2.22. The molecule has 0 heterocycles. The highest BCUT2D eigenvalue weighted by Gasteiger charge is 2.42. The molecule has 0 saturated heterocycles. The zero-order valence-corrected chi connectivity index (χ0v) is 32.7. The second-order valence-corrected chi connectivity index (χ2v) is 26.4. The summed E-state index contributed by atoms with van der Waals surface area (Å²) in [5, 5.41) is 16.0. The molecule has 4 heteroatoms. The van der Waals surface area contributed by atoms with Crippen LogP contribution in [0, 0.1) is 22.9 Å². The van der Waals surface area contributed by atoms with Gasteiger partial charge in [-0.05, 0) is 95.4 Å². The molecule has 0 aliphatic rings. The maximum atomic E-state index is 11.3. The first-order chi connectivity index (χ1) is 22.1. The number of fused-ring (bicyclic) bond motifs is 3. The van der Waals surface area contributed by atoms with Crippen molar-refractivity contribution in [3.05, 3.63) is 77.4 Å². The topological polar surface area (TPSA) is 37.3 Å². The van der Waals surface area contributed by atoms with Gasteiger partial charge in [0.1, 0.15) is 16.1 Å². The monoisotopic (exact) mass is 658 g/mol. The van der Waals surface area contributed by atoms with Gasteiger partial charge in [0.05, 0.1) is 0 Å². The predicted octanol–water partition coefficient (Wildman–Crippen LogP) is 12.4. The van der Waals surface area contributed by atoms with Crippen molar-refractivity contribution in [1.82, 2.24) is 0 Å². The predicted molar refractivity (Wildman–Crippen MR) is 211 cm³/mol. The van der Waals surface area contributed by atoms with Gasteiger partial charge < -0.3 is 5.11 Å². The van der Waals surface area contributed by atoms with E-state index in [9.17, 15) is 9.90 Å². The van der Waals surface area contributed by atoms with Crippen LogP contribution in [-0.2, 0) is 4.79 Å². The molecule has 47 heavy (non-hydrogen) atoms. The van der Waals surface area contributed by atoms with E-state index in [0.29, 0.717) is 33.2 Å². The fraction of sp³-hybridized carbons (Fsp3) is 0.419. The summed E-state index contributed by atoms with van der Waals surface area (Å²) in [6, 6.07) is 19.4. The van der Waals surface area contributed by atoms with Crippen molar-refractivity contribution in [3.63, 3.8) is 0 Å². The van der Waals surface area contributed by atoms with Crippen LogP contribution in [0.3, 0.4) is 0 Å². The number of rotatable bonds is 8. The van der Waals surface area contributed by atoms with Gasteiger partial charge in [-0.3, -0.25) is 0 Å². The van der Waals surface area contributed by atoms with Crippen LogP contribution in [0.2, 0.25) is 33.2 Å². The average Bonchev–Trinajstić information content (AvgIpc) is 2.99. The summed E-state index contributed by atoms with van der Waals surface area (Å²) < 4.78 is 0. The first-order valence-corrected chi connectivity index (χ1v) is 21.9. The third-order valence-corrected chi connectivity index (χ3v) is 23.5. The van der Waals surface area contributed by atoms with E-state index in [4.69, 9.17) is 0 Å². The molecule has 1 N–H and O–H groups in total. The molecule has 4 rings (SSSR count). The van der Waals surface area contributed by atoms with Crippen LogP contribution in [0.1, 0.15) is 99.8 Å². The average molecular weight is 659 g/mol. The summed E-state index contributed by atoms with van der Waals surface area (Å²) in [6.07, 6.45) is 2.86. The number of benzene rings is 4. The Hall–Kier alpha value is -3.58.